The van der Waals surface area contributed by atoms with Crippen molar-refractivity contribution in [3.63, 3.8) is 0 Å². The molecule has 0 aliphatic rings. The highest BCUT2D eigenvalue weighted by Gasteiger charge is 2.05. The summed E-state index contributed by atoms with van der Waals surface area (Å²) >= 11 is 0. The van der Waals surface area contributed by atoms with E-state index < -0.39 is 11.1 Å². The van der Waals surface area contributed by atoms with E-state index in [2.05, 4.69) is 4.98 Å². The second kappa shape index (κ2) is 3.02. The number of H-pyrrole nitrogens is 1. The Bertz CT molecular complexity index is 582. The van der Waals surface area contributed by atoms with Crippen molar-refractivity contribution in [1.29, 1.82) is 0 Å². The topological polar surface area (TPSA) is 64.1 Å². The van der Waals surface area contributed by atoms with E-state index in [1.165, 1.54) is 7.11 Å². The molecule has 0 saturated carbocycles. The molecule has 0 radical (unpaired) electrons. The Labute approximate surface area is 78.5 Å². The van der Waals surface area contributed by atoms with Gasteiger partial charge in [-0.15, -0.1) is 4.73 Å². The summed E-state index contributed by atoms with van der Waals surface area (Å²) in [5.74, 6) is 0. The fraction of sp³-hybridized carbons (Fsp3) is 0.111. The van der Waals surface area contributed by atoms with Crippen LogP contribution in [0.15, 0.2) is 33.9 Å². The minimum atomic E-state index is -0.716. The summed E-state index contributed by atoms with van der Waals surface area (Å²) in [6.45, 7) is 0. The van der Waals surface area contributed by atoms with Gasteiger partial charge in [0.15, 0.2) is 0 Å². The monoisotopic (exact) mass is 192 g/mol. The van der Waals surface area contributed by atoms with Crippen LogP contribution in [0.1, 0.15) is 0 Å². The lowest BCUT2D eigenvalue weighted by Gasteiger charge is -2.05. The van der Waals surface area contributed by atoms with Crippen LogP contribution in [-0.4, -0.2) is 16.8 Å². The Morgan fingerprint density at radius 2 is 2.00 bits per heavy atom. The van der Waals surface area contributed by atoms with Gasteiger partial charge in [0.25, 0.3) is 0 Å². The molecule has 0 unspecified atom stereocenters. The third-order valence-corrected chi connectivity index (χ3v) is 1.93. The molecule has 2 aromatic rings. The van der Waals surface area contributed by atoms with Crippen molar-refractivity contribution in [3.8, 4) is 0 Å². The molecule has 1 heterocycles. The van der Waals surface area contributed by atoms with Crippen LogP contribution in [0.4, 0.5) is 0 Å². The highest BCUT2D eigenvalue weighted by atomic mass is 16.6. The maximum Gasteiger partial charge on any atom is 0.349 e. The average molecular weight is 192 g/mol. The third-order valence-electron chi connectivity index (χ3n) is 1.93. The number of hydrogen-bond donors (Lipinski definition) is 1. The number of fused-ring (bicyclic) bond motifs is 1. The first-order chi connectivity index (χ1) is 6.74. The van der Waals surface area contributed by atoms with Gasteiger partial charge in [0.1, 0.15) is 12.6 Å². The van der Waals surface area contributed by atoms with Crippen LogP contribution in [-0.2, 0) is 0 Å². The zero-order valence-corrected chi connectivity index (χ0v) is 7.48. The van der Waals surface area contributed by atoms with Gasteiger partial charge in [-0.2, -0.15) is 0 Å². The molecule has 1 aromatic heterocycles. The first-order valence-corrected chi connectivity index (χ1v) is 4.02. The van der Waals surface area contributed by atoms with E-state index in [0.717, 1.165) is 4.73 Å². The van der Waals surface area contributed by atoms with Crippen molar-refractivity contribution in [2.24, 2.45) is 0 Å². The molecular weight excluding hydrogens is 184 g/mol. The molecule has 5 nitrogen and oxygen atoms in total. The highest BCUT2D eigenvalue weighted by Crippen LogP contribution is 2.04. The normalized spacial score (nSPS) is 10.4. The lowest BCUT2D eigenvalue weighted by molar-refractivity contribution is 0.167. The minimum absolute atomic E-state index is 0.541. The number of hydrogen-bond acceptors (Lipinski definition) is 3. The summed E-state index contributed by atoms with van der Waals surface area (Å²) < 4.78 is 0.966. The number of nitrogens with zero attached hydrogens (tertiary/aromatic N) is 1. The Balaban J connectivity index is 3.04. The van der Waals surface area contributed by atoms with Gasteiger partial charge in [0.05, 0.1) is 5.52 Å². The van der Waals surface area contributed by atoms with Crippen molar-refractivity contribution in [2.75, 3.05) is 7.11 Å². The fourth-order valence-corrected chi connectivity index (χ4v) is 1.32. The summed E-state index contributed by atoms with van der Waals surface area (Å²) in [7, 11) is 1.34. The molecule has 0 amide bonds. The Morgan fingerprint density at radius 1 is 1.29 bits per heavy atom. The maximum absolute atomic E-state index is 11.3. The smallest absolute Gasteiger partial charge is 0.349 e. The summed E-state index contributed by atoms with van der Waals surface area (Å²) in [5, 5.41) is 0. The zero-order chi connectivity index (χ0) is 10.1. The minimum Gasteiger partial charge on any atom is -0.413 e. The van der Waals surface area contributed by atoms with Gasteiger partial charge in [0, 0.05) is 0 Å². The number of para-hydroxylation sites is 2. The fourth-order valence-electron chi connectivity index (χ4n) is 1.32. The van der Waals surface area contributed by atoms with Gasteiger partial charge in [-0.3, -0.25) is 9.59 Å². The summed E-state index contributed by atoms with van der Waals surface area (Å²) in [6, 6.07) is 6.92. The van der Waals surface area contributed by atoms with Crippen LogP contribution in [0.25, 0.3) is 11.0 Å². The van der Waals surface area contributed by atoms with Gasteiger partial charge < -0.3 is 9.82 Å². The van der Waals surface area contributed by atoms with Crippen molar-refractivity contribution < 1.29 is 4.84 Å². The van der Waals surface area contributed by atoms with E-state index in [1.807, 2.05) is 0 Å². The van der Waals surface area contributed by atoms with Crippen LogP contribution in [0.5, 0.6) is 0 Å². The van der Waals surface area contributed by atoms with E-state index in [-0.39, 0.29) is 0 Å². The standard InChI is InChI=1S/C9H8N2O3/c1-14-11-7-5-3-2-4-6(7)10-8(12)9(11)13/h2-5H,1H3,(H,10,12). The number of aromatic nitrogens is 2. The number of rotatable bonds is 1. The summed E-state index contributed by atoms with van der Waals surface area (Å²) in [6.07, 6.45) is 0. The Hall–Kier alpha value is -2.04. The molecule has 0 bridgehead atoms. The highest BCUT2D eigenvalue weighted by molar-refractivity contribution is 5.73. The first-order valence-electron chi connectivity index (χ1n) is 4.02. The first kappa shape index (κ1) is 8.55. The number of nitrogens with one attached hydrogen (secondary N) is 1. The molecule has 1 N–H and O–H groups in total. The molecule has 0 aliphatic heterocycles. The van der Waals surface area contributed by atoms with E-state index >= 15 is 0 Å². The van der Waals surface area contributed by atoms with E-state index in [9.17, 15) is 9.59 Å². The summed E-state index contributed by atoms with van der Waals surface area (Å²) in [5.41, 5.74) is -0.296. The molecule has 72 valence electrons. The summed E-state index contributed by atoms with van der Waals surface area (Å²) in [4.78, 5) is 29.7. The lowest BCUT2D eigenvalue weighted by atomic mass is 10.3. The van der Waals surface area contributed by atoms with Crippen molar-refractivity contribution in [3.05, 3.63) is 45.0 Å². The Kier molecular flexibility index (Phi) is 1.85. The van der Waals surface area contributed by atoms with Crippen molar-refractivity contribution in [2.45, 2.75) is 0 Å². The van der Waals surface area contributed by atoms with Crippen molar-refractivity contribution >= 4 is 11.0 Å². The molecule has 1 aromatic carbocycles. The zero-order valence-electron chi connectivity index (χ0n) is 7.48. The molecule has 14 heavy (non-hydrogen) atoms. The lowest BCUT2D eigenvalue weighted by Crippen LogP contribution is -2.38. The van der Waals surface area contributed by atoms with Crippen LogP contribution < -0.4 is 16.0 Å². The SMILES string of the molecule is COn1c(=O)c(=O)[nH]c2ccccc21. The van der Waals surface area contributed by atoms with Gasteiger partial charge in [0.2, 0.25) is 0 Å². The second-order valence-electron chi connectivity index (χ2n) is 2.75. The quantitative estimate of drug-likeness (QED) is 0.633. The van der Waals surface area contributed by atoms with Gasteiger partial charge in [-0.25, -0.2) is 0 Å². The molecule has 0 aliphatic carbocycles. The number of benzene rings is 1. The Morgan fingerprint density at radius 3 is 2.71 bits per heavy atom. The predicted molar refractivity (Wildman–Crippen MR) is 51.3 cm³/mol. The van der Waals surface area contributed by atoms with E-state index in [0.29, 0.717) is 11.0 Å². The van der Waals surface area contributed by atoms with Gasteiger partial charge in [-0.05, 0) is 12.1 Å². The molecule has 2 rings (SSSR count). The molecule has 0 spiro atoms. The largest absolute Gasteiger partial charge is 0.413 e. The van der Waals surface area contributed by atoms with Crippen LogP contribution in [0.2, 0.25) is 0 Å². The molecule has 5 heteroatoms. The third kappa shape index (κ3) is 1.10. The van der Waals surface area contributed by atoms with Crippen molar-refractivity contribution in [1.82, 2.24) is 9.71 Å². The van der Waals surface area contributed by atoms with Gasteiger partial charge >= 0.3 is 11.1 Å². The second-order valence-corrected chi connectivity index (χ2v) is 2.75. The molecule has 0 saturated heterocycles. The average Bonchev–Trinajstić information content (AvgIpc) is 2.20. The van der Waals surface area contributed by atoms with Gasteiger partial charge in [-0.1, -0.05) is 12.1 Å². The molecule has 0 fully saturated rings. The van der Waals surface area contributed by atoms with E-state index in [1.54, 1.807) is 24.3 Å². The molecule has 0 atom stereocenters. The predicted octanol–water partition coefficient (Wildman–Crippen LogP) is -0.252. The maximum atomic E-state index is 11.3. The van der Waals surface area contributed by atoms with Crippen LogP contribution in [0.3, 0.4) is 0 Å². The number of aromatic amines is 1. The van der Waals surface area contributed by atoms with Crippen LogP contribution in [0, 0.1) is 0 Å². The molecular formula is C9H8N2O3. The van der Waals surface area contributed by atoms with Crippen LogP contribution >= 0.6 is 0 Å². The van der Waals surface area contributed by atoms with E-state index in [4.69, 9.17) is 4.84 Å².